The molecule has 0 radical (unpaired) electrons. The zero-order valence-electron chi connectivity index (χ0n) is 52.9. The molecule has 3 saturated heterocycles. The highest BCUT2D eigenvalue weighted by atomic mass is 19.1. The van der Waals surface area contributed by atoms with Crippen molar-refractivity contribution < 1.29 is 56.3 Å². The van der Waals surface area contributed by atoms with Crippen molar-refractivity contribution >= 4 is 64.1 Å². The fourth-order valence-corrected chi connectivity index (χ4v) is 13.9. The molecule has 9 aliphatic rings. The SMILES string of the molecule is CNCCNCNC(=O)C(NC(=O)CCCNC(=O)C1=CC(C2CC2)c2cc(N3CCNCC3)c(F)cc2C1=O)N1CCN(c2cc3c(cc2F)C(=O)C(C(=O)OC(=O)C2=CC(C4CC4)c4cc(N5CCN(CNCCNC)CC5)c(F)cc4C2=O)=CC3C2CC2)CC1. The summed E-state index contributed by atoms with van der Waals surface area (Å²) in [5.41, 5.74) is 2.18. The van der Waals surface area contributed by atoms with E-state index in [4.69, 9.17) is 4.74 Å². The second-order valence-corrected chi connectivity index (χ2v) is 25.9. The number of piperazine rings is 3. The van der Waals surface area contributed by atoms with Crippen LogP contribution < -0.4 is 57.2 Å². The molecule has 4 atom stereocenters. The molecular formula is C68H84F3N13O9. The normalized spacial score (nSPS) is 22.0. The first-order valence-corrected chi connectivity index (χ1v) is 33.1. The number of allylic oxidation sites excluding steroid dienone is 3. The van der Waals surface area contributed by atoms with Gasteiger partial charge in [0.1, 0.15) is 28.6 Å². The van der Waals surface area contributed by atoms with Crippen LogP contribution in [0.25, 0.3) is 0 Å². The number of Topliss-reactive ketones (excluding diaryl/α,β-unsaturated/α-hetero) is 3. The van der Waals surface area contributed by atoms with E-state index >= 15 is 13.2 Å². The van der Waals surface area contributed by atoms with E-state index < -0.39 is 93.6 Å². The van der Waals surface area contributed by atoms with Gasteiger partial charge in [0.15, 0.2) is 23.5 Å². The molecule has 12 rings (SSSR count). The van der Waals surface area contributed by atoms with Crippen LogP contribution in [0, 0.1) is 35.2 Å². The summed E-state index contributed by atoms with van der Waals surface area (Å²) >= 11 is 0. The molecular weight excluding hydrogens is 1200 g/mol. The number of carbonyl (C=O) groups excluding carboxylic acids is 8. The third-order valence-corrected chi connectivity index (χ3v) is 19.6. The van der Waals surface area contributed by atoms with Crippen LogP contribution in [-0.4, -0.2) is 202 Å². The zero-order chi connectivity index (χ0) is 65.0. The maximum absolute atomic E-state index is 16.6. The Morgan fingerprint density at radius 1 is 0.538 bits per heavy atom. The second kappa shape index (κ2) is 28.9. The molecule has 3 heterocycles. The molecule has 0 aromatic heterocycles. The first kappa shape index (κ1) is 65.4. The molecule has 22 nitrogen and oxygen atoms in total. The van der Waals surface area contributed by atoms with Gasteiger partial charge in [0.25, 0.3) is 11.8 Å². The Morgan fingerprint density at radius 3 is 1.45 bits per heavy atom. The van der Waals surface area contributed by atoms with Crippen molar-refractivity contribution in [2.24, 2.45) is 17.8 Å². The third-order valence-electron chi connectivity index (χ3n) is 19.6. The molecule has 6 aliphatic carbocycles. The van der Waals surface area contributed by atoms with Gasteiger partial charge in [-0.1, -0.05) is 18.2 Å². The van der Waals surface area contributed by atoms with E-state index in [1.54, 1.807) is 41.1 Å². The van der Waals surface area contributed by atoms with Gasteiger partial charge in [0.05, 0.1) is 29.3 Å². The van der Waals surface area contributed by atoms with Gasteiger partial charge in [0, 0.05) is 159 Å². The molecule has 4 unspecified atom stereocenters. The minimum Gasteiger partial charge on any atom is -0.386 e. The Morgan fingerprint density at radius 2 is 0.978 bits per heavy atom. The number of ether oxygens (including phenoxy) is 1. The van der Waals surface area contributed by atoms with Crippen molar-refractivity contribution in [3.8, 4) is 0 Å². The van der Waals surface area contributed by atoms with Crippen molar-refractivity contribution in [2.45, 2.75) is 75.3 Å². The van der Waals surface area contributed by atoms with Crippen LogP contribution in [-0.2, 0) is 28.7 Å². The number of halogens is 3. The highest BCUT2D eigenvalue weighted by Crippen LogP contribution is 2.51. The number of nitrogens with one attached hydrogen (secondary N) is 8. The van der Waals surface area contributed by atoms with Gasteiger partial charge in [-0.2, -0.15) is 0 Å². The lowest BCUT2D eigenvalue weighted by Gasteiger charge is -2.40. The number of esters is 2. The van der Waals surface area contributed by atoms with Crippen LogP contribution in [0.3, 0.4) is 0 Å². The molecule has 6 fully saturated rings. The lowest BCUT2D eigenvalue weighted by molar-refractivity contribution is -0.153. The minimum absolute atomic E-state index is 0.00453. The minimum atomic E-state index is -1.27. The van der Waals surface area contributed by atoms with Crippen molar-refractivity contribution in [3.63, 3.8) is 0 Å². The highest BCUT2D eigenvalue weighted by Gasteiger charge is 2.45. The number of nitrogens with zero attached hydrogens (tertiary/aromatic N) is 5. The number of benzene rings is 3. The number of hydrogen-bond acceptors (Lipinski definition) is 19. The number of carbonyl (C=O) groups is 8. The fourth-order valence-electron chi connectivity index (χ4n) is 13.9. The standard InChI is InChI=1S/C68H84F3N13O9/c1-72-12-14-75-37-78-66(90)64(79-60(85)4-3-11-77-65(89)51-28-42(39-5-6-39)45-34-57(81-18-16-74-17-19-81)54(69)31-48(45)61(51)86)84-26-24-83(25-27-84)59-36-47-44(41-9-10-41)30-53(63(88)50(47)33-56(59)71)68(92)93-67(91)52-29-43(40-7-8-40)46-35-58(55(70)32-49(46)62(52)87)82-22-20-80(21-23-82)38-76-15-13-73-2/h28-36,39-44,64,72-76H,3-27,37-38H2,1-2H3,(H,77,89)(H,78,90)(H,79,85). The van der Waals surface area contributed by atoms with Crippen molar-refractivity contribution in [1.29, 1.82) is 0 Å². The summed E-state index contributed by atoms with van der Waals surface area (Å²) < 4.78 is 53.7. The topological polar surface area (TPSA) is 258 Å². The predicted octanol–water partition coefficient (Wildman–Crippen LogP) is 3.06. The summed E-state index contributed by atoms with van der Waals surface area (Å²) in [7, 11) is 3.70. The summed E-state index contributed by atoms with van der Waals surface area (Å²) in [5.74, 6) is -8.89. The van der Waals surface area contributed by atoms with E-state index in [9.17, 15) is 38.4 Å². The van der Waals surface area contributed by atoms with Gasteiger partial charge in [-0.25, -0.2) is 22.8 Å². The highest BCUT2D eigenvalue weighted by molar-refractivity contribution is 6.31. The summed E-state index contributed by atoms with van der Waals surface area (Å²) in [6, 6.07) is 8.68. The Labute approximate surface area is 539 Å². The monoisotopic (exact) mass is 1280 g/mol. The number of ketones is 3. The van der Waals surface area contributed by atoms with Crippen LogP contribution in [0.15, 0.2) is 71.3 Å². The molecule has 3 aliphatic heterocycles. The smallest absolute Gasteiger partial charge is 0.349 e. The zero-order valence-corrected chi connectivity index (χ0v) is 52.9. The number of anilines is 3. The van der Waals surface area contributed by atoms with Crippen LogP contribution >= 0.6 is 0 Å². The molecule has 0 spiro atoms. The first-order chi connectivity index (χ1) is 45.1. The number of amides is 3. The molecule has 25 heteroatoms. The van der Waals surface area contributed by atoms with Crippen LogP contribution in [0.2, 0.25) is 0 Å². The van der Waals surface area contributed by atoms with E-state index in [0.717, 1.165) is 89.4 Å². The predicted molar refractivity (Wildman–Crippen MR) is 342 cm³/mol. The quantitative estimate of drug-likeness (QED) is 0.0189. The van der Waals surface area contributed by atoms with E-state index in [1.807, 2.05) is 16.8 Å². The number of hydrogen-bond donors (Lipinski definition) is 8. The van der Waals surface area contributed by atoms with Crippen LogP contribution in [0.4, 0.5) is 30.2 Å². The molecule has 496 valence electrons. The van der Waals surface area contributed by atoms with Crippen LogP contribution in [0.5, 0.6) is 0 Å². The van der Waals surface area contributed by atoms with E-state index in [1.165, 1.54) is 24.3 Å². The largest absolute Gasteiger partial charge is 0.386 e. The molecule has 0 bridgehead atoms. The average Bonchev–Trinajstić information content (AvgIpc) is 1.37. The van der Waals surface area contributed by atoms with Gasteiger partial charge in [0.2, 0.25) is 5.91 Å². The maximum atomic E-state index is 16.6. The fraction of sp³-hybridized carbons (Fsp3) is 0.529. The van der Waals surface area contributed by atoms with Crippen LogP contribution in [0.1, 0.15) is 117 Å². The van der Waals surface area contributed by atoms with E-state index in [0.29, 0.717) is 68.4 Å². The van der Waals surface area contributed by atoms with E-state index in [2.05, 4.69) is 47.4 Å². The average molecular weight is 1280 g/mol. The Balaban J connectivity index is 0.668. The van der Waals surface area contributed by atoms with Crippen molar-refractivity contribution in [3.05, 3.63) is 122 Å². The maximum Gasteiger partial charge on any atom is 0.349 e. The summed E-state index contributed by atoms with van der Waals surface area (Å²) in [5, 5.41) is 24.4. The molecule has 3 aromatic carbocycles. The molecule has 3 aromatic rings. The Bertz CT molecular complexity index is 3530. The van der Waals surface area contributed by atoms with Gasteiger partial charge in [-0.15, -0.1) is 0 Å². The number of fused-ring (bicyclic) bond motifs is 3. The van der Waals surface area contributed by atoms with Gasteiger partial charge >= 0.3 is 11.9 Å². The molecule has 3 amide bonds. The molecule has 8 N–H and O–H groups in total. The third kappa shape index (κ3) is 14.7. The lowest BCUT2D eigenvalue weighted by Crippen LogP contribution is -2.62. The first-order valence-electron chi connectivity index (χ1n) is 33.1. The summed E-state index contributed by atoms with van der Waals surface area (Å²) in [4.78, 5) is 121. The van der Waals surface area contributed by atoms with Crippen molar-refractivity contribution in [2.75, 3.05) is 153 Å². The van der Waals surface area contributed by atoms with Gasteiger partial charge in [-0.3, -0.25) is 43.9 Å². The Hall–Kier alpha value is -7.65. The molecule has 3 saturated carbocycles. The van der Waals surface area contributed by atoms with E-state index in [-0.39, 0.29) is 104 Å². The number of likely N-dealkylation sites (N-methyl/N-ethyl adjacent to an activating group) is 2. The second-order valence-electron chi connectivity index (χ2n) is 25.9. The summed E-state index contributed by atoms with van der Waals surface area (Å²) in [6.45, 7) is 9.90. The van der Waals surface area contributed by atoms with Gasteiger partial charge in [-0.05, 0) is 130 Å². The molecule has 93 heavy (non-hydrogen) atoms. The lowest BCUT2D eigenvalue weighted by atomic mass is 9.79. The van der Waals surface area contributed by atoms with Crippen molar-refractivity contribution in [1.82, 2.24) is 52.3 Å². The number of rotatable bonds is 26. The Kier molecular flexibility index (Phi) is 20.3. The summed E-state index contributed by atoms with van der Waals surface area (Å²) in [6.07, 6.45) is 8.72. The van der Waals surface area contributed by atoms with Gasteiger partial charge < -0.3 is 56.7 Å².